The maximum atomic E-state index is 11.5. The fraction of sp³-hybridized carbons (Fsp3) is 0.700. The van der Waals surface area contributed by atoms with E-state index >= 15 is 0 Å². The Labute approximate surface area is 78.9 Å². The average Bonchev–Trinajstić information content (AvgIpc) is 2.62. The van der Waals surface area contributed by atoms with Crippen molar-refractivity contribution < 1.29 is 9.53 Å². The van der Waals surface area contributed by atoms with E-state index in [1.165, 1.54) is 0 Å². The first-order valence-electron chi connectivity index (χ1n) is 4.77. The SMILES string of the molecule is C=CCCC(=O)C1CCC(CN)O1. The number of Topliss-reactive ketones (excluding diaryl/α,β-unsaturated/α-hetero) is 1. The van der Waals surface area contributed by atoms with E-state index in [-0.39, 0.29) is 18.0 Å². The molecule has 1 aliphatic rings. The molecule has 2 unspecified atom stereocenters. The molecule has 1 heterocycles. The van der Waals surface area contributed by atoms with Gasteiger partial charge in [0.05, 0.1) is 6.10 Å². The van der Waals surface area contributed by atoms with Gasteiger partial charge in [-0.25, -0.2) is 0 Å². The zero-order valence-electron chi connectivity index (χ0n) is 7.87. The number of hydrogen-bond donors (Lipinski definition) is 1. The third-order valence-corrected chi connectivity index (χ3v) is 2.32. The number of carbonyl (C=O) groups excluding carboxylic acids is 1. The number of carbonyl (C=O) groups is 1. The number of rotatable bonds is 5. The molecule has 1 fully saturated rings. The molecule has 0 aromatic rings. The molecule has 0 radical (unpaired) electrons. The zero-order chi connectivity index (χ0) is 9.68. The second-order valence-electron chi connectivity index (χ2n) is 3.35. The molecule has 0 spiro atoms. The van der Waals surface area contributed by atoms with Crippen molar-refractivity contribution in [2.75, 3.05) is 6.54 Å². The molecular formula is C10H17NO2. The lowest BCUT2D eigenvalue weighted by atomic mass is 10.1. The minimum atomic E-state index is -0.200. The summed E-state index contributed by atoms with van der Waals surface area (Å²) in [6.45, 7) is 4.10. The van der Waals surface area contributed by atoms with Crippen LogP contribution in [0.5, 0.6) is 0 Å². The number of ketones is 1. The molecule has 3 heteroatoms. The van der Waals surface area contributed by atoms with Gasteiger partial charge in [-0.3, -0.25) is 4.79 Å². The third kappa shape index (κ3) is 2.94. The van der Waals surface area contributed by atoms with Gasteiger partial charge < -0.3 is 10.5 Å². The minimum Gasteiger partial charge on any atom is -0.366 e. The van der Waals surface area contributed by atoms with Crippen LogP contribution in [0.25, 0.3) is 0 Å². The quantitative estimate of drug-likeness (QED) is 0.648. The summed E-state index contributed by atoms with van der Waals surface area (Å²) in [5.74, 6) is 0.191. The van der Waals surface area contributed by atoms with Crippen LogP contribution in [0.2, 0.25) is 0 Å². The molecule has 1 saturated heterocycles. The van der Waals surface area contributed by atoms with Crippen LogP contribution in [0.1, 0.15) is 25.7 Å². The van der Waals surface area contributed by atoms with Crippen molar-refractivity contribution in [2.45, 2.75) is 37.9 Å². The summed E-state index contributed by atoms with van der Waals surface area (Å²) in [5.41, 5.74) is 5.44. The standard InChI is InChI=1S/C10H17NO2/c1-2-3-4-9(12)10-6-5-8(7-11)13-10/h2,8,10H,1,3-7,11H2. The molecule has 13 heavy (non-hydrogen) atoms. The van der Waals surface area contributed by atoms with Gasteiger partial charge in [-0.2, -0.15) is 0 Å². The Hall–Kier alpha value is -0.670. The molecule has 0 aromatic carbocycles. The average molecular weight is 183 g/mol. The predicted octanol–water partition coefficient (Wildman–Crippen LogP) is 1.03. The largest absolute Gasteiger partial charge is 0.366 e. The van der Waals surface area contributed by atoms with E-state index < -0.39 is 0 Å². The first-order chi connectivity index (χ1) is 6.27. The van der Waals surface area contributed by atoms with Crippen molar-refractivity contribution in [3.05, 3.63) is 12.7 Å². The van der Waals surface area contributed by atoms with Crippen LogP contribution in [0.4, 0.5) is 0 Å². The Morgan fingerprint density at radius 2 is 2.38 bits per heavy atom. The highest BCUT2D eigenvalue weighted by atomic mass is 16.5. The molecule has 2 atom stereocenters. The normalized spacial score (nSPS) is 27.5. The third-order valence-electron chi connectivity index (χ3n) is 2.32. The second-order valence-corrected chi connectivity index (χ2v) is 3.35. The maximum absolute atomic E-state index is 11.5. The van der Waals surface area contributed by atoms with Crippen LogP contribution < -0.4 is 5.73 Å². The lowest BCUT2D eigenvalue weighted by molar-refractivity contribution is -0.129. The molecular weight excluding hydrogens is 166 g/mol. The lowest BCUT2D eigenvalue weighted by Crippen LogP contribution is -2.24. The maximum Gasteiger partial charge on any atom is 0.161 e. The summed E-state index contributed by atoms with van der Waals surface area (Å²) in [6, 6.07) is 0. The second kappa shape index (κ2) is 5.14. The fourth-order valence-corrected chi connectivity index (χ4v) is 1.52. The van der Waals surface area contributed by atoms with Crippen LogP contribution in [0.3, 0.4) is 0 Å². The smallest absolute Gasteiger partial charge is 0.161 e. The molecule has 3 nitrogen and oxygen atoms in total. The summed E-state index contributed by atoms with van der Waals surface area (Å²) in [6.07, 6.45) is 4.69. The van der Waals surface area contributed by atoms with Crippen molar-refractivity contribution in [1.82, 2.24) is 0 Å². The molecule has 74 valence electrons. The van der Waals surface area contributed by atoms with Crippen LogP contribution >= 0.6 is 0 Å². The Morgan fingerprint density at radius 1 is 1.62 bits per heavy atom. The van der Waals surface area contributed by atoms with Crippen molar-refractivity contribution in [1.29, 1.82) is 0 Å². The van der Waals surface area contributed by atoms with E-state index in [1.54, 1.807) is 6.08 Å². The predicted molar refractivity (Wildman–Crippen MR) is 51.4 cm³/mol. The van der Waals surface area contributed by atoms with Crippen molar-refractivity contribution >= 4 is 5.78 Å². The van der Waals surface area contributed by atoms with Gasteiger partial charge >= 0.3 is 0 Å². The van der Waals surface area contributed by atoms with E-state index in [9.17, 15) is 4.79 Å². The first-order valence-corrected chi connectivity index (χ1v) is 4.77. The zero-order valence-corrected chi connectivity index (χ0v) is 7.87. The Kier molecular flexibility index (Phi) is 4.12. The van der Waals surface area contributed by atoms with Gasteiger partial charge in [-0.1, -0.05) is 6.08 Å². The minimum absolute atomic E-state index is 0.0951. The number of nitrogens with two attached hydrogens (primary N) is 1. The Bertz CT molecular complexity index is 191. The molecule has 0 bridgehead atoms. The topological polar surface area (TPSA) is 52.3 Å². The van der Waals surface area contributed by atoms with Gasteiger partial charge in [0.15, 0.2) is 5.78 Å². The van der Waals surface area contributed by atoms with Gasteiger partial charge in [0, 0.05) is 13.0 Å². The molecule has 1 aliphatic heterocycles. The highest BCUT2D eigenvalue weighted by molar-refractivity contribution is 5.83. The molecule has 0 aromatic heterocycles. The monoisotopic (exact) mass is 183 g/mol. The van der Waals surface area contributed by atoms with Gasteiger partial charge in [0.25, 0.3) is 0 Å². The van der Waals surface area contributed by atoms with Crippen molar-refractivity contribution in [3.63, 3.8) is 0 Å². The summed E-state index contributed by atoms with van der Waals surface area (Å²) < 4.78 is 5.46. The van der Waals surface area contributed by atoms with E-state index in [2.05, 4.69) is 6.58 Å². The van der Waals surface area contributed by atoms with Crippen LogP contribution in [0, 0.1) is 0 Å². The van der Waals surface area contributed by atoms with Gasteiger partial charge in [-0.15, -0.1) is 6.58 Å². The molecule has 2 N–H and O–H groups in total. The fourth-order valence-electron chi connectivity index (χ4n) is 1.52. The number of ether oxygens (including phenoxy) is 1. The van der Waals surface area contributed by atoms with Crippen LogP contribution in [-0.4, -0.2) is 24.5 Å². The lowest BCUT2D eigenvalue weighted by Gasteiger charge is -2.10. The summed E-state index contributed by atoms with van der Waals surface area (Å²) in [5, 5.41) is 0. The van der Waals surface area contributed by atoms with Gasteiger partial charge in [0.1, 0.15) is 6.10 Å². The van der Waals surface area contributed by atoms with Crippen molar-refractivity contribution in [3.8, 4) is 0 Å². The molecule has 1 rings (SSSR count). The number of hydrogen-bond acceptors (Lipinski definition) is 3. The summed E-state index contributed by atoms with van der Waals surface area (Å²) >= 11 is 0. The summed E-state index contributed by atoms with van der Waals surface area (Å²) in [7, 11) is 0. The highest BCUT2D eigenvalue weighted by Gasteiger charge is 2.28. The van der Waals surface area contributed by atoms with E-state index in [1.807, 2.05) is 0 Å². The van der Waals surface area contributed by atoms with Crippen molar-refractivity contribution in [2.24, 2.45) is 5.73 Å². The highest BCUT2D eigenvalue weighted by Crippen LogP contribution is 2.20. The van der Waals surface area contributed by atoms with E-state index in [0.29, 0.717) is 13.0 Å². The Morgan fingerprint density at radius 3 is 2.92 bits per heavy atom. The number of allylic oxidation sites excluding steroid dienone is 1. The Balaban J connectivity index is 2.28. The van der Waals surface area contributed by atoms with Crippen LogP contribution in [0.15, 0.2) is 12.7 Å². The first kappa shape index (κ1) is 10.4. The van der Waals surface area contributed by atoms with Gasteiger partial charge in [-0.05, 0) is 19.3 Å². The van der Waals surface area contributed by atoms with Gasteiger partial charge in [0.2, 0.25) is 0 Å². The van der Waals surface area contributed by atoms with E-state index in [0.717, 1.165) is 19.3 Å². The molecule has 0 aliphatic carbocycles. The molecule has 0 saturated carbocycles. The summed E-state index contributed by atoms with van der Waals surface area (Å²) in [4.78, 5) is 11.5. The molecule has 0 amide bonds. The van der Waals surface area contributed by atoms with E-state index in [4.69, 9.17) is 10.5 Å². The van der Waals surface area contributed by atoms with Crippen LogP contribution in [-0.2, 0) is 9.53 Å².